The number of nitrogens with zero attached hydrogens (tertiary/aromatic N) is 1. The number of likely N-dealkylation sites (N-methyl/N-ethyl adjacent to an activating group) is 1. The normalized spacial score (nSPS) is 19.5. The molecule has 150 valence electrons. The van der Waals surface area contributed by atoms with E-state index in [1.54, 1.807) is 14.0 Å². The van der Waals surface area contributed by atoms with Crippen molar-refractivity contribution in [3.05, 3.63) is 64.2 Å². The van der Waals surface area contributed by atoms with Crippen LogP contribution in [0.5, 0.6) is 5.75 Å². The highest BCUT2D eigenvalue weighted by atomic mass is 35.5. The van der Waals surface area contributed by atoms with Crippen molar-refractivity contribution in [3.63, 3.8) is 0 Å². The van der Waals surface area contributed by atoms with Gasteiger partial charge in [-0.1, -0.05) is 29.8 Å². The third kappa shape index (κ3) is 4.03. The van der Waals surface area contributed by atoms with Crippen molar-refractivity contribution in [2.75, 3.05) is 20.7 Å². The van der Waals surface area contributed by atoms with Gasteiger partial charge in [-0.15, -0.1) is 0 Å². The van der Waals surface area contributed by atoms with E-state index in [2.05, 4.69) is 24.3 Å². The smallest absolute Gasteiger partial charge is 0.320 e. The third-order valence-electron chi connectivity index (χ3n) is 6.18. The predicted octanol–water partition coefficient (Wildman–Crippen LogP) is 4.77. The van der Waals surface area contributed by atoms with Gasteiger partial charge in [-0.25, -0.2) is 0 Å². The Morgan fingerprint density at radius 3 is 2.64 bits per heavy atom. The minimum absolute atomic E-state index is 0.0699. The van der Waals surface area contributed by atoms with E-state index in [4.69, 9.17) is 16.3 Å². The molecule has 28 heavy (non-hydrogen) atoms. The first-order valence-corrected chi connectivity index (χ1v) is 10.1. The van der Waals surface area contributed by atoms with Crippen molar-refractivity contribution in [3.8, 4) is 5.75 Å². The van der Waals surface area contributed by atoms with Gasteiger partial charge in [0, 0.05) is 10.4 Å². The summed E-state index contributed by atoms with van der Waals surface area (Å²) in [6.45, 7) is 2.47. The summed E-state index contributed by atoms with van der Waals surface area (Å²) in [6, 6.07) is 14.1. The van der Waals surface area contributed by atoms with Crippen molar-refractivity contribution in [2.45, 2.75) is 44.1 Å². The van der Waals surface area contributed by atoms with Crippen LogP contribution in [0.25, 0.3) is 0 Å². The summed E-state index contributed by atoms with van der Waals surface area (Å²) in [5.41, 5.74) is 3.87. The topological polar surface area (TPSA) is 49.8 Å². The van der Waals surface area contributed by atoms with Gasteiger partial charge in [0.05, 0.1) is 7.11 Å². The summed E-state index contributed by atoms with van der Waals surface area (Å²) in [6.07, 6.45) is 3.92. The van der Waals surface area contributed by atoms with E-state index in [0.29, 0.717) is 0 Å². The third-order valence-corrected chi connectivity index (χ3v) is 6.41. The fraction of sp³-hybridized carbons (Fsp3) is 0.435. The first-order chi connectivity index (χ1) is 13.4. The van der Waals surface area contributed by atoms with Crippen LogP contribution in [0.4, 0.5) is 0 Å². The molecule has 0 bridgehead atoms. The summed E-state index contributed by atoms with van der Waals surface area (Å²) in [5, 5.41) is 10.0. The van der Waals surface area contributed by atoms with Gasteiger partial charge < -0.3 is 9.84 Å². The van der Waals surface area contributed by atoms with Crippen LogP contribution < -0.4 is 4.74 Å². The lowest BCUT2D eigenvalue weighted by atomic mass is 9.72. The van der Waals surface area contributed by atoms with Gasteiger partial charge in [-0.05, 0) is 87.2 Å². The Kier molecular flexibility index (Phi) is 6.31. The highest BCUT2D eigenvalue weighted by Crippen LogP contribution is 2.48. The number of carbonyl (C=O) groups is 1. The fourth-order valence-corrected chi connectivity index (χ4v) is 4.54. The van der Waals surface area contributed by atoms with Gasteiger partial charge in [0.1, 0.15) is 11.8 Å². The molecule has 0 fully saturated rings. The molecule has 0 aliphatic heterocycles. The minimum atomic E-state index is -0.784. The van der Waals surface area contributed by atoms with E-state index in [0.717, 1.165) is 43.0 Å². The van der Waals surface area contributed by atoms with Crippen LogP contribution in [0.2, 0.25) is 5.02 Å². The van der Waals surface area contributed by atoms with Crippen molar-refractivity contribution in [1.82, 2.24) is 4.90 Å². The lowest BCUT2D eigenvalue weighted by molar-refractivity contribution is -0.142. The largest absolute Gasteiger partial charge is 0.497 e. The molecule has 2 aromatic carbocycles. The predicted molar refractivity (Wildman–Crippen MR) is 113 cm³/mol. The molecule has 1 aliphatic carbocycles. The highest BCUT2D eigenvalue weighted by molar-refractivity contribution is 6.30. The van der Waals surface area contributed by atoms with Gasteiger partial charge in [-0.3, -0.25) is 9.69 Å². The number of hydrogen-bond acceptors (Lipinski definition) is 3. The molecule has 2 aromatic rings. The zero-order chi connectivity index (χ0) is 20.3. The molecule has 1 N–H and O–H groups in total. The van der Waals surface area contributed by atoms with Crippen molar-refractivity contribution < 1.29 is 14.6 Å². The lowest BCUT2D eigenvalue weighted by Crippen LogP contribution is -2.37. The Hall–Kier alpha value is -2.04. The number of halogens is 1. The highest BCUT2D eigenvalue weighted by Gasteiger charge is 2.40. The quantitative estimate of drug-likeness (QED) is 0.692. The molecule has 5 heteroatoms. The number of ether oxygens (including phenoxy) is 1. The van der Waals surface area contributed by atoms with Crippen LogP contribution in [0.1, 0.15) is 42.9 Å². The Morgan fingerprint density at radius 1 is 1.29 bits per heavy atom. The van der Waals surface area contributed by atoms with E-state index in [9.17, 15) is 9.90 Å². The van der Waals surface area contributed by atoms with Crippen LogP contribution in [0.3, 0.4) is 0 Å². The van der Waals surface area contributed by atoms with Gasteiger partial charge >= 0.3 is 5.97 Å². The van der Waals surface area contributed by atoms with Crippen LogP contribution >= 0.6 is 11.6 Å². The molecule has 2 atom stereocenters. The number of aliphatic carboxylic acids is 1. The van der Waals surface area contributed by atoms with Gasteiger partial charge in [0.15, 0.2) is 0 Å². The molecule has 0 saturated heterocycles. The second-order valence-electron chi connectivity index (χ2n) is 7.71. The van der Waals surface area contributed by atoms with Crippen LogP contribution in [-0.4, -0.2) is 42.7 Å². The molecule has 0 heterocycles. The van der Waals surface area contributed by atoms with E-state index in [-0.39, 0.29) is 5.41 Å². The zero-order valence-electron chi connectivity index (χ0n) is 16.7. The maximum atomic E-state index is 11.2. The molecular weight excluding hydrogens is 374 g/mol. The second-order valence-corrected chi connectivity index (χ2v) is 8.15. The number of benzene rings is 2. The molecule has 0 spiro atoms. The number of carboxylic acids is 1. The molecule has 4 nitrogen and oxygen atoms in total. The lowest BCUT2D eigenvalue weighted by Gasteiger charge is -2.33. The Morgan fingerprint density at radius 2 is 2.00 bits per heavy atom. The summed E-state index contributed by atoms with van der Waals surface area (Å²) < 4.78 is 5.33. The van der Waals surface area contributed by atoms with E-state index in [1.807, 2.05) is 30.1 Å². The fourth-order valence-electron chi connectivity index (χ4n) is 4.35. The first kappa shape index (κ1) is 20.7. The molecular formula is C23H28ClNO3. The van der Waals surface area contributed by atoms with E-state index >= 15 is 0 Å². The Bertz CT molecular complexity index is 836. The molecule has 1 unspecified atom stereocenters. The zero-order valence-corrected chi connectivity index (χ0v) is 17.5. The molecule has 0 aromatic heterocycles. The molecule has 0 radical (unpaired) electrons. The van der Waals surface area contributed by atoms with Crippen LogP contribution in [0.15, 0.2) is 42.5 Å². The Labute approximate surface area is 172 Å². The molecule has 0 amide bonds. The van der Waals surface area contributed by atoms with Crippen molar-refractivity contribution in [1.29, 1.82) is 0 Å². The monoisotopic (exact) mass is 401 g/mol. The number of rotatable bonds is 8. The first-order valence-electron chi connectivity index (χ1n) is 9.74. The summed E-state index contributed by atoms with van der Waals surface area (Å²) in [5.74, 6) is 0.0662. The number of methoxy groups -OCH3 is 1. The number of fused-ring (bicyclic) bond motifs is 1. The van der Waals surface area contributed by atoms with Gasteiger partial charge in [-0.2, -0.15) is 0 Å². The summed E-state index contributed by atoms with van der Waals surface area (Å²) >= 11 is 6.23. The number of hydrogen-bond donors (Lipinski definition) is 1. The van der Waals surface area contributed by atoms with E-state index in [1.165, 1.54) is 16.7 Å². The van der Waals surface area contributed by atoms with Crippen LogP contribution in [-0.2, 0) is 16.6 Å². The standard InChI is InChI=1S/C23H28ClNO3/c1-16(22(26)27)25(2)14-4-12-23(18-5-8-20(28-3)9-6-18)13-11-17-15-19(24)7-10-21(17)23/h5-10,15-16H,4,11-14H2,1-3H3,(H,26,27)/t16-,23?/m0/s1. The summed E-state index contributed by atoms with van der Waals surface area (Å²) in [7, 11) is 3.55. The number of aryl methyl sites for hydroxylation is 1. The molecule has 1 aliphatic rings. The van der Waals surface area contributed by atoms with Crippen molar-refractivity contribution in [2.24, 2.45) is 0 Å². The maximum Gasteiger partial charge on any atom is 0.320 e. The SMILES string of the molecule is COc1ccc(C2(CCCN(C)[C@@H](C)C(=O)O)CCc3cc(Cl)ccc32)cc1. The average Bonchev–Trinajstić information content (AvgIpc) is 3.06. The Balaban J connectivity index is 1.88. The molecule has 0 saturated carbocycles. The van der Waals surface area contributed by atoms with Crippen LogP contribution in [0, 0.1) is 0 Å². The second kappa shape index (κ2) is 8.54. The summed E-state index contributed by atoms with van der Waals surface area (Å²) in [4.78, 5) is 13.1. The van der Waals surface area contributed by atoms with Crippen molar-refractivity contribution >= 4 is 17.6 Å². The minimum Gasteiger partial charge on any atom is -0.497 e. The van der Waals surface area contributed by atoms with Gasteiger partial charge in [0.25, 0.3) is 0 Å². The van der Waals surface area contributed by atoms with E-state index < -0.39 is 12.0 Å². The molecule has 3 rings (SSSR count). The average molecular weight is 402 g/mol. The number of carboxylic acid groups (broad SMARTS) is 1. The van der Waals surface area contributed by atoms with Gasteiger partial charge in [0.2, 0.25) is 0 Å². The maximum absolute atomic E-state index is 11.2.